The highest BCUT2D eigenvalue weighted by atomic mass is 16.5. The van der Waals surface area contributed by atoms with Crippen LogP contribution in [-0.2, 0) is 4.74 Å². The van der Waals surface area contributed by atoms with Crippen molar-refractivity contribution >= 4 is 0 Å². The first-order chi connectivity index (χ1) is 7.29. The zero-order valence-corrected chi connectivity index (χ0v) is 9.61. The summed E-state index contributed by atoms with van der Waals surface area (Å²) in [6.45, 7) is 2.87. The first-order valence-electron chi connectivity index (χ1n) is 6.35. The second-order valence-corrected chi connectivity index (χ2v) is 4.87. The van der Waals surface area contributed by atoms with Crippen LogP contribution in [0.3, 0.4) is 0 Å². The molecule has 2 fully saturated rings. The third kappa shape index (κ3) is 2.92. The van der Waals surface area contributed by atoms with Crippen LogP contribution in [0.1, 0.15) is 45.4 Å². The number of aliphatic hydroxyl groups excluding tert-OH is 1. The quantitative estimate of drug-likeness (QED) is 0.742. The summed E-state index contributed by atoms with van der Waals surface area (Å²) in [6, 6.07) is 0.922. The maximum absolute atomic E-state index is 9.81. The highest BCUT2D eigenvalue weighted by molar-refractivity contribution is 4.91. The highest BCUT2D eigenvalue weighted by Gasteiger charge is 2.33. The van der Waals surface area contributed by atoms with Gasteiger partial charge in [0.2, 0.25) is 0 Å². The summed E-state index contributed by atoms with van der Waals surface area (Å²) >= 11 is 0. The molecule has 0 radical (unpaired) electrons. The monoisotopic (exact) mass is 213 g/mol. The number of rotatable bonds is 4. The average Bonchev–Trinajstić information content (AvgIpc) is 2.18. The van der Waals surface area contributed by atoms with Crippen LogP contribution < -0.4 is 5.32 Å². The first kappa shape index (κ1) is 11.4. The smallest absolute Gasteiger partial charge is 0.0693 e. The van der Waals surface area contributed by atoms with Gasteiger partial charge >= 0.3 is 0 Å². The van der Waals surface area contributed by atoms with E-state index in [9.17, 15) is 5.11 Å². The van der Waals surface area contributed by atoms with Crippen LogP contribution in [0.15, 0.2) is 0 Å². The van der Waals surface area contributed by atoms with Gasteiger partial charge in [0.25, 0.3) is 0 Å². The Balaban J connectivity index is 1.65. The summed E-state index contributed by atoms with van der Waals surface area (Å²) in [6.07, 6.45) is 7.14. The molecule has 0 unspecified atom stereocenters. The van der Waals surface area contributed by atoms with Crippen LogP contribution in [0.4, 0.5) is 0 Å². The largest absolute Gasteiger partial charge is 0.392 e. The molecule has 0 aromatic heterocycles. The lowest BCUT2D eigenvalue weighted by molar-refractivity contribution is -0.0208. The maximum atomic E-state index is 9.81. The van der Waals surface area contributed by atoms with E-state index in [0.717, 1.165) is 32.3 Å². The zero-order valence-electron chi connectivity index (χ0n) is 9.61. The molecule has 2 N–H and O–H groups in total. The van der Waals surface area contributed by atoms with Crippen molar-refractivity contribution in [1.29, 1.82) is 0 Å². The zero-order chi connectivity index (χ0) is 10.7. The summed E-state index contributed by atoms with van der Waals surface area (Å²) < 4.78 is 5.52. The second-order valence-electron chi connectivity index (χ2n) is 4.87. The lowest BCUT2D eigenvalue weighted by Crippen LogP contribution is -2.53. The number of ether oxygens (including phenoxy) is 1. The SMILES string of the molecule is CCOC1CC(N[C@@H]2CCCC[C@H]2O)C1. The van der Waals surface area contributed by atoms with E-state index in [2.05, 4.69) is 5.32 Å². The summed E-state index contributed by atoms with van der Waals surface area (Å²) in [4.78, 5) is 0. The molecule has 0 spiro atoms. The van der Waals surface area contributed by atoms with Crippen molar-refractivity contribution in [1.82, 2.24) is 5.32 Å². The van der Waals surface area contributed by atoms with E-state index in [4.69, 9.17) is 4.74 Å². The normalized spacial score (nSPS) is 41.2. The maximum Gasteiger partial charge on any atom is 0.0693 e. The van der Waals surface area contributed by atoms with Gasteiger partial charge in [0.1, 0.15) is 0 Å². The predicted octanol–water partition coefficient (Wildman–Crippen LogP) is 1.45. The van der Waals surface area contributed by atoms with Gasteiger partial charge in [0.05, 0.1) is 12.2 Å². The van der Waals surface area contributed by atoms with Crippen molar-refractivity contribution in [2.75, 3.05) is 6.61 Å². The lowest BCUT2D eigenvalue weighted by atomic mass is 9.85. The first-order valence-corrected chi connectivity index (χ1v) is 6.35. The molecule has 0 aliphatic heterocycles. The average molecular weight is 213 g/mol. The molecule has 0 bridgehead atoms. The van der Waals surface area contributed by atoms with Crippen LogP contribution in [-0.4, -0.2) is 36.0 Å². The Kier molecular flexibility index (Phi) is 4.00. The van der Waals surface area contributed by atoms with Crippen molar-refractivity contribution < 1.29 is 9.84 Å². The molecular weight excluding hydrogens is 190 g/mol. The Morgan fingerprint density at radius 3 is 2.67 bits per heavy atom. The van der Waals surface area contributed by atoms with E-state index in [1.807, 2.05) is 6.92 Å². The number of aliphatic hydroxyl groups is 1. The fourth-order valence-corrected chi connectivity index (χ4v) is 2.68. The molecule has 15 heavy (non-hydrogen) atoms. The van der Waals surface area contributed by atoms with E-state index in [-0.39, 0.29) is 6.10 Å². The Labute approximate surface area is 92.2 Å². The molecule has 0 aromatic rings. The number of hydrogen-bond acceptors (Lipinski definition) is 3. The van der Waals surface area contributed by atoms with Crippen LogP contribution in [0.2, 0.25) is 0 Å². The van der Waals surface area contributed by atoms with Crippen molar-refractivity contribution in [3.8, 4) is 0 Å². The van der Waals surface area contributed by atoms with Gasteiger partial charge in [-0.3, -0.25) is 0 Å². The third-order valence-corrected chi connectivity index (χ3v) is 3.68. The molecular formula is C12H23NO2. The minimum absolute atomic E-state index is 0.120. The topological polar surface area (TPSA) is 41.5 Å². The van der Waals surface area contributed by atoms with Gasteiger partial charge in [-0.1, -0.05) is 12.8 Å². The molecule has 2 aliphatic rings. The molecule has 0 heterocycles. The Bertz CT molecular complexity index is 192. The number of hydrogen-bond donors (Lipinski definition) is 2. The Hall–Kier alpha value is -0.120. The molecule has 0 amide bonds. The van der Waals surface area contributed by atoms with Gasteiger partial charge in [-0.15, -0.1) is 0 Å². The molecule has 2 rings (SSSR count). The van der Waals surface area contributed by atoms with Crippen molar-refractivity contribution in [2.45, 2.75) is 69.7 Å². The number of nitrogens with one attached hydrogen (secondary N) is 1. The van der Waals surface area contributed by atoms with Crippen molar-refractivity contribution in [3.63, 3.8) is 0 Å². The van der Waals surface area contributed by atoms with Gasteiger partial charge in [-0.25, -0.2) is 0 Å². The van der Waals surface area contributed by atoms with Crippen LogP contribution >= 0.6 is 0 Å². The van der Waals surface area contributed by atoms with Gasteiger partial charge in [0.15, 0.2) is 0 Å². The van der Waals surface area contributed by atoms with Gasteiger partial charge in [0, 0.05) is 18.7 Å². The van der Waals surface area contributed by atoms with Crippen molar-refractivity contribution in [2.24, 2.45) is 0 Å². The van der Waals surface area contributed by atoms with Crippen molar-refractivity contribution in [3.05, 3.63) is 0 Å². The third-order valence-electron chi connectivity index (χ3n) is 3.68. The molecule has 3 heteroatoms. The van der Waals surface area contributed by atoms with Crippen LogP contribution in [0, 0.1) is 0 Å². The van der Waals surface area contributed by atoms with E-state index in [1.165, 1.54) is 12.8 Å². The molecule has 0 saturated heterocycles. The van der Waals surface area contributed by atoms with Gasteiger partial charge < -0.3 is 15.2 Å². The van der Waals surface area contributed by atoms with E-state index >= 15 is 0 Å². The van der Waals surface area contributed by atoms with Gasteiger partial charge in [-0.2, -0.15) is 0 Å². The molecule has 0 aromatic carbocycles. The summed E-state index contributed by atoms with van der Waals surface area (Å²) in [7, 11) is 0. The summed E-state index contributed by atoms with van der Waals surface area (Å²) in [5.41, 5.74) is 0. The summed E-state index contributed by atoms with van der Waals surface area (Å²) in [5.74, 6) is 0. The van der Waals surface area contributed by atoms with Crippen LogP contribution in [0.25, 0.3) is 0 Å². The second kappa shape index (κ2) is 5.28. The molecule has 3 nitrogen and oxygen atoms in total. The standard InChI is InChI=1S/C12H23NO2/c1-2-15-10-7-9(8-10)13-11-5-3-4-6-12(11)14/h9-14H,2-8H2,1H3/t9?,10?,11-,12-/m1/s1. The highest BCUT2D eigenvalue weighted by Crippen LogP contribution is 2.26. The lowest BCUT2D eigenvalue weighted by Gasteiger charge is -2.40. The minimum atomic E-state index is -0.120. The molecule has 88 valence electrons. The fourth-order valence-electron chi connectivity index (χ4n) is 2.68. The molecule has 2 aliphatic carbocycles. The Morgan fingerprint density at radius 2 is 2.00 bits per heavy atom. The minimum Gasteiger partial charge on any atom is -0.392 e. The van der Waals surface area contributed by atoms with E-state index < -0.39 is 0 Å². The van der Waals surface area contributed by atoms with Crippen LogP contribution in [0.5, 0.6) is 0 Å². The molecule has 2 saturated carbocycles. The Morgan fingerprint density at radius 1 is 1.27 bits per heavy atom. The van der Waals surface area contributed by atoms with E-state index in [1.54, 1.807) is 0 Å². The predicted molar refractivity (Wildman–Crippen MR) is 59.8 cm³/mol. The van der Waals surface area contributed by atoms with Gasteiger partial charge in [-0.05, 0) is 32.6 Å². The molecule has 2 atom stereocenters. The van der Waals surface area contributed by atoms with E-state index in [0.29, 0.717) is 18.2 Å². The fraction of sp³-hybridized carbons (Fsp3) is 1.00. The summed E-state index contributed by atoms with van der Waals surface area (Å²) in [5, 5.41) is 13.4.